The largest absolute Gasteiger partial charge is 0.487 e. The van der Waals surface area contributed by atoms with Crippen LogP contribution in [0.25, 0.3) is 11.1 Å². The van der Waals surface area contributed by atoms with Gasteiger partial charge in [-0.05, 0) is 73.6 Å². The minimum Gasteiger partial charge on any atom is -0.487 e. The van der Waals surface area contributed by atoms with E-state index in [1.807, 2.05) is 25.3 Å². The van der Waals surface area contributed by atoms with Crippen molar-refractivity contribution in [1.29, 1.82) is 5.26 Å². The summed E-state index contributed by atoms with van der Waals surface area (Å²) in [5.74, 6) is 1.35. The first-order valence-electron chi connectivity index (χ1n) is 24.7. The number of anilines is 2. The predicted molar refractivity (Wildman–Crippen MR) is 254 cm³/mol. The van der Waals surface area contributed by atoms with Crippen molar-refractivity contribution in [2.45, 2.75) is 88.7 Å². The van der Waals surface area contributed by atoms with Gasteiger partial charge in [0.25, 0.3) is 5.88 Å². The summed E-state index contributed by atoms with van der Waals surface area (Å²) in [4.78, 5) is 12.1. The second-order valence-corrected chi connectivity index (χ2v) is 17.3. The van der Waals surface area contributed by atoms with Gasteiger partial charge in [0.1, 0.15) is 29.9 Å². The lowest BCUT2D eigenvalue weighted by atomic mass is 9.89. The Morgan fingerprint density at radius 2 is 1.29 bits per heavy atom. The Labute approximate surface area is 410 Å². The molecular weight excluding hydrogens is 907 g/mol. The van der Waals surface area contributed by atoms with Crippen LogP contribution in [0.15, 0.2) is 43.1 Å². The van der Waals surface area contributed by atoms with Crippen molar-refractivity contribution in [2.24, 2.45) is 0 Å². The maximum atomic E-state index is 9.77. The maximum absolute atomic E-state index is 9.77. The lowest BCUT2D eigenvalue weighted by Crippen LogP contribution is -2.52. The molecule has 1 N–H and O–H groups in total. The van der Waals surface area contributed by atoms with E-state index >= 15 is 0 Å². The first-order valence-corrected chi connectivity index (χ1v) is 24.7. The molecule has 1 aromatic carbocycles. The van der Waals surface area contributed by atoms with Gasteiger partial charge in [-0.25, -0.2) is 14.6 Å². The fourth-order valence-electron chi connectivity index (χ4n) is 8.86. The van der Waals surface area contributed by atoms with Crippen molar-refractivity contribution in [1.82, 2.24) is 44.9 Å². The van der Waals surface area contributed by atoms with Crippen molar-refractivity contribution >= 4 is 11.6 Å². The first kappa shape index (κ1) is 52.9. The number of tetrazole rings is 1. The molecule has 22 heteroatoms. The number of methoxy groups -OCH3 is 1. The molecule has 0 radical (unpaired) electrons. The van der Waals surface area contributed by atoms with Crippen molar-refractivity contribution in [2.75, 3.05) is 131 Å². The molecule has 3 aliphatic rings. The van der Waals surface area contributed by atoms with E-state index in [0.717, 1.165) is 50.0 Å². The Morgan fingerprint density at radius 3 is 1.86 bits per heavy atom. The second-order valence-electron chi connectivity index (χ2n) is 17.3. The van der Waals surface area contributed by atoms with Crippen molar-refractivity contribution in [3.8, 4) is 28.8 Å². The minimum atomic E-state index is -0.291. The van der Waals surface area contributed by atoms with Gasteiger partial charge >= 0.3 is 0 Å². The zero-order valence-electron chi connectivity index (χ0n) is 40.8. The molecule has 0 amide bonds. The number of hydrogen-bond acceptors (Lipinski definition) is 20. The smallest absolute Gasteiger partial charge is 0.256 e. The number of nitrogens with one attached hydrogen (secondary N) is 1. The Bertz CT molecular complexity index is 2070. The minimum absolute atomic E-state index is 0.256. The number of hydrogen-bond donors (Lipinski definition) is 1. The van der Waals surface area contributed by atoms with E-state index in [2.05, 4.69) is 46.5 Å². The number of benzene rings is 1. The summed E-state index contributed by atoms with van der Waals surface area (Å²) in [6.45, 7) is 12.1. The molecule has 2 aliphatic heterocycles. The van der Waals surface area contributed by atoms with E-state index in [0.29, 0.717) is 166 Å². The number of morpholine rings is 1. The van der Waals surface area contributed by atoms with Crippen LogP contribution in [0.5, 0.6) is 11.6 Å². The summed E-state index contributed by atoms with van der Waals surface area (Å²) in [6, 6.07) is 9.59. The molecule has 5 heterocycles. The molecule has 0 unspecified atom stereocenters. The SMILES string of the molecule is COCCOCCOCCOCCOCCOCCOCCOCCCOc1nn([C@H]2CC[C@H](N3[C@@H]4CC[C@H]3COC4)CC2)cc1Nc1ncc(-c2ccc(C#N)c(O[C@@H](C)Cn3cnnn3)c2)cn1. The van der Waals surface area contributed by atoms with Crippen LogP contribution in [0.1, 0.15) is 63.5 Å². The number of rotatable bonds is 35. The molecule has 3 atom stereocenters. The number of fused-ring (bicyclic) bond motifs is 2. The predicted octanol–water partition coefficient (Wildman–Crippen LogP) is 4.29. The van der Waals surface area contributed by atoms with E-state index in [1.54, 1.807) is 30.3 Å². The molecule has 1 saturated carbocycles. The van der Waals surface area contributed by atoms with Gasteiger partial charge in [-0.2, -0.15) is 5.26 Å². The molecule has 384 valence electrons. The van der Waals surface area contributed by atoms with Crippen molar-refractivity contribution in [3.05, 3.63) is 48.7 Å². The van der Waals surface area contributed by atoms with E-state index in [1.165, 1.54) is 19.2 Å². The molecule has 3 fully saturated rings. The van der Waals surface area contributed by atoms with Gasteiger partial charge in [0.2, 0.25) is 5.95 Å². The van der Waals surface area contributed by atoms with Gasteiger partial charge in [0, 0.05) is 56.2 Å². The highest BCUT2D eigenvalue weighted by atomic mass is 16.6. The van der Waals surface area contributed by atoms with Gasteiger partial charge in [0.15, 0.2) is 0 Å². The quantitative estimate of drug-likeness (QED) is 0.0634. The average Bonchev–Trinajstić information content (AvgIpc) is 4.11. The highest BCUT2D eigenvalue weighted by molar-refractivity contribution is 5.67. The Balaban J connectivity index is 0.809. The van der Waals surface area contributed by atoms with Crippen LogP contribution in [0, 0.1) is 11.3 Å². The Morgan fingerprint density at radius 1 is 0.714 bits per heavy atom. The third kappa shape index (κ3) is 17.1. The lowest BCUT2D eigenvalue weighted by Gasteiger charge is -2.43. The summed E-state index contributed by atoms with van der Waals surface area (Å²) < 4.78 is 65.8. The first-order chi connectivity index (χ1) is 34.6. The van der Waals surface area contributed by atoms with Crippen molar-refractivity contribution < 1.29 is 52.1 Å². The Kier molecular flexibility index (Phi) is 22.7. The van der Waals surface area contributed by atoms with Gasteiger partial charge in [0.05, 0.1) is 137 Å². The fraction of sp³-hybridized carbons (Fsp3) is 0.688. The number of nitrogens with zero attached hydrogens (tertiary/aromatic N) is 10. The van der Waals surface area contributed by atoms with Gasteiger partial charge < -0.3 is 57.4 Å². The molecule has 3 aromatic heterocycles. The number of ether oxygens (including phenoxy) is 11. The molecule has 70 heavy (non-hydrogen) atoms. The van der Waals surface area contributed by atoms with Crippen LogP contribution in [-0.2, 0) is 49.2 Å². The summed E-state index contributed by atoms with van der Waals surface area (Å²) in [7, 11) is 1.65. The lowest BCUT2D eigenvalue weighted by molar-refractivity contribution is -0.0458. The topological polar surface area (TPSA) is 228 Å². The van der Waals surface area contributed by atoms with Crippen LogP contribution in [0.4, 0.5) is 11.6 Å². The van der Waals surface area contributed by atoms with Gasteiger partial charge in [-0.3, -0.25) is 9.58 Å². The zero-order valence-corrected chi connectivity index (χ0v) is 40.8. The third-order valence-electron chi connectivity index (χ3n) is 12.3. The normalized spacial score (nSPS) is 19.6. The standard InChI is InChI=1S/C48H71N11O11/c1-37(32-57-36-52-55-56-57)70-46-28-38(4-5-39(46)29-49)40-30-50-48(51-31-40)53-45-33-58(41-6-8-42(9-7-41)59-43-10-11-44(59)35-68-34-43)54-47(45)69-13-3-12-61-16-17-63-20-21-65-24-25-67-27-26-66-23-22-64-19-18-62-15-14-60-2/h4-5,28,30-31,33,36-37,41-44H,3,6-27,32,34-35H2,1-2H3,(H,50,51,53)/t37-,41-,42-,43-,44+/m0/s1. The summed E-state index contributed by atoms with van der Waals surface area (Å²) in [5.41, 5.74) is 2.68. The van der Waals surface area contributed by atoms with Crippen molar-refractivity contribution in [3.63, 3.8) is 0 Å². The van der Waals surface area contributed by atoms with E-state index in [9.17, 15) is 5.26 Å². The van der Waals surface area contributed by atoms with E-state index in [-0.39, 0.29) is 12.1 Å². The van der Waals surface area contributed by atoms with Crippen LogP contribution < -0.4 is 14.8 Å². The molecule has 22 nitrogen and oxygen atoms in total. The molecule has 0 spiro atoms. The number of nitriles is 1. The highest BCUT2D eigenvalue weighted by Crippen LogP contribution is 2.39. The maximum Gasteiger partial charge on any atom is 0.256 e. The molecule has 4 aromatic rings. The summed E-state index contributed by atoms with van der Waals surface area (Å²) >= 11 is 0. The van der Waals surface area contributed by atoms with Crippen LogP contribution in [0.2, 0.25) is 0 Å². The molecule has 7 rings (SSSR count). The van der Waals surface area contributed by atoms with E-state index < -0.39 is 0 Å². The summed E-state index contributed by atoms with van der Waals surface area (Å²) in [5, 5.41) is 29.4. The monoisotopic (exact) mass is 978 g/mol. The van der Waals surface area contributed by atoms with Crippen LogP contribution in [-0.4, -0.2) is 195 Å². The summed E-state index contributed by atoms with van der Waals surface area (Å²) in [6.07, 6.45) is 14.2. The van der Waals surface area contributed by atoms with Crippen LogP contribution in [0.3, 0.4) is 0 Å². The van der Waals surface area contributed by atoms with Crippen LogP contribution >= 0.6 is 0 Å². The molecule has 2 saturated heterocycles. The van der Waals surface area contributed by atoms with E-state index in [4.69, 9.17) is 57.2 Å². The third-order valence-corrected chi connectivity index (χ3v) is 12.3. The molecule has 2 bridgehead atoms. The second kappa shape index (κ2) is 30.1. The number of aromatic nitrogens is 8. The zero-order chi connectivity index (χ0) is 48.4. The molecule has 1 aliphatic carbocycles. The average molecular weight is 978 g/mol. The van der Waals surface area contributed by atoms with Gasteiger partial charge in [-0.15, -0.1) is 10.2 Å². The highest BCUT2D eigenvalue weighted by Gasteiger charge is 2.42. The Hall–Kier alpha value is -4.93. The van der Waals surface area contributed by atoms with Gasteiger partial charge in [-0.1, -0.05) is 6.07 Å². The molecular formula is C48H71N11O11. The fourth-order valence-corrected chi connectivity index (χ4v) is 8.86.